The van der Waals surface area contributed by atoms with E-state index < -0.39 is 12.0 Å². The van der Waals surface area contributed by atoms with Crippen molar-refractivity contribution in [3.8, 4) is 0 Å². The Balaban J connectivity index is 0.00000225. The topological polar surface area (TPSA) is 53.0 Å². The number of piperazine rings is 1. The number of nitrogens with zero attached hydrogens (tertiary/aromatic N) is 2. The van der Waals surface area contributed by atoms with Crippen molar-refractivity contribution in [1.82, 2.24) is 9.80 Å². The van der Waals surface area contributed by atoms with E-state index in [9.17, 15) is 13.6 Å². The van der Waals surface area contributed by atoms with Gasteiger partial charge in [-0.25, -0.2) is 13.6 Å². The second kappa shape index (κ2) is 12.8. The minimum atomic E-state index is -0.984. The second-order valence-corrected chi connectivity index (χ2v) is 6.77. The van der Waals surface area contributed by atoms with Crippen LogP contribution in [0.25, 0.3) is 0 Å². The van der Waals surface area contributed by atoms with Crippen molar-refractivity contribution in [2.45, 2.75) is 6.04 Å². The van der Waals surface area contributed by atoms with Crippen LogP contribution in [0.1, 0.15) is 17.2 Å². The quantitative estimate of drug-likeness (QED) is 0.607. The van der Waals surface area contributed by atoms with Crippen LogP contribution < -0.4 is 0 Å². The van der Waals surface area contributed by atoms with Gasteiger partial charge in [0.15, 0.2) is 0 Å². The summed E-state index contributed by atoms with van der Waals surface area (Å²) in [7, 11) is 0. The summed E-state index contributed by atoms with van der Waals surface area (Å²) in [6.07, 6.45) is 0. The van der Waals surface area contributed by atoms with Gasteiger partial charge in [-0.3, -0.25) is 9.80 Å². The van der Waals surface area contributed by atoms with Gasteiger partial charge in [0.1, 0.15) is 18.2 Å². The highest BCUT2D eigenvalue weighted by atomic mass is 35.5. The fourth-order valence-electron chi connectivity index (χ4n) is 3.55. The predicted octanol–water partition coefficient (Wildman–Crippen LogP) is 3.62. The third-order valence-electron chi connectivity index (χ3n) is 4.95. The van der Waals surface area contributed by atoms with E-state index in [1.165, 1.54) is 12.1 Å². The van der Waals surface area contributed by atoms with Crippen LogP contribution in [0.4, 0.5) is 8.78 Å². The molecule has 9 heteroatoms. The molecular weight excluding hydrogens is 437 g/mol. The van der Waals surface area contributed by atoms with Crippen molar-refractivity contribution >= 4 is 30.8 Å². The SMILES string of the molecule is Cl.Cl.O=C(O)COCCN1CCN(C(c2ccccc2F)c2ccccc2F)CC1. The molecule has 1 fully saturated rings. The first kappa shape index (κ1) is 26.3. The van der Waals surface area contributed by atoms with Crippen LogP contribution >= 0.6 is 24.8 Å². The van der Waals surface area contributed by atoms with Gasteiger partial charge >= 0.3 is 5.97 Å². The minimum Gasteiger partial charge on any atom is -0.480 e. The number of carbonyl (C=O) groups is 1. The molecule has 30 heavy (non-hydrogen) atoms. The van der Waals surface area contributed by atoms with E-state index >= 15 is 0 Å². The van der Waals surface area contributed by atoms with Crippen LogP contribution in [0.5, 0.6) is 0 Å². The van der Waals surface area contributed by atoms with Crippen molar-refractivity contribution in [3.63, 3.8) is 0 Å². The fourth-order valence-corrected chi connectivity index (χ4v) is 3.55. The van der Waals surface area contributed by atoms with Gasteiger partial charge in [-0.15, -0.1) is 24.8 Å². The fraction of sp³-hybridized carbons (Fsp3) is 0.381. The summed E-state index contributed by atoms with van der Waals surface area (Å²) >= 11 is 0. The molecular formula is C21H26Cl2F2N2O3. The van der Waals surface area contributed by atoms with Gasteiger partial charge in [0.05, 0.1) is 12.6 Å². The molecule has 0 bridgehead atoms. The summed E-state index contributed by atoms with van der Waals surface area (Å²) in [6.45, 7) is 3.40. The lowest BCUT2D eigenvalue weighted by atomic mass is 9.95. The van der Waals surface area contributed by atoms with Crippen LogP contribution in [0.3, 0.4) is 0 Å². The van der Waals surface area contributed by atoms with Crippen molar-refractivity contribution in [2.75, 3.05) is 45.9 Å². The monoisotopic (exact) mass is 462 g/mol. The summed E-state index contributed by atoms with van der Waals surface area (Å²) < 4.78 is 34.2. The normalized spacial score (nSPS) is 14.8. The molecule has 2 aromatic carbocycles. The molecule has 0 spiro atoms. The molecule has 0 aliphatic carbocycles. The molecule has 0 atom stereocenters. The van der Waals surface area contributed by atoms with E-state index in [0.717, 1.165) is 13.1 Å². The predicted molar refractivity (Wildman–Crippen MR) is 116 cm³/mol. The van der Waals surface area contributed by atoms with Crippen molar-refractivity contribution < 1.29 is 23.4 Å². The molecule has 0 unspecified atom stereocenters. The highest BCUT2D eigenvalue weighted by Crippen LogP contribution is 2.32. The Morgan fingerprint density at radius 3 is 1.90 bits per heavy atom. The Morgan fingerprint density at radius 1 is 0.933 bits per heavy atom. The molecule has 5 nitrogen and oxygen atoms in total. The van der Waals surface area contributed by atoms with E-state index in [2.05, 4.69) is 9.80 Å². The average molecular weight is 463 g/mol. The standard InChI is InChI=1S/C21H24F2N2O3.2ClH/c22-18-7-3-1-5-16(18)21(17-6-2-4-8-19(17)23)25-11-9-24(10-12-25)13-14-28-15-20(26)27;;/h1-8,21H,9-15H2,(H,26,27);2*1H. The van der Waals surface area contributed by atoms with E-state index in [1.54, 1.807) is 36.4 Å². The van der Waals surface area contributed by atoms with E-state index in [4.69, 9.17) is 9.84 Å². The van der Waals surface area contributed by atoms with Crippen molar-refractivity contribution in [3.05, 3.63) is 71.3 Å². The lowest BCUT2D eigenvalue weighted by molar-refractivity contribution is -0.142. The third kappa shape index (κ3) is 6.89. The number of halogens is 4. The zero-order chi connectivity index (χ0) is 19.9. The highest BCUT2D eigenvalue weighted by Gasteiger charge is 2.29. The molecule has 0 amide bonds. The van der Waals surface area contributed by atoms with E-state index in [-0.39, 0.29) is 43.1 Å². The molecule has 0 radical (unpaired) electrons. The summed E-state index contributed by atoms with van der Waals surface area (Å²) in [6, 6.07) is 12.5. The molecule has 1 heterocycles. The maximum atomic E-state index is 14.5. The minimum absolute atomic E-state index is 0. The van der Waals surface area contributed by atoms with Crippen LogP contribution in [0.15, 0.2) is 48.5 Å². The molecule has 166 valence electrons. The number of carboxylic acid groups (broad SMARTS) is 1. The van der Waals surface area contributed by atoms with Gasteiger partial charge < -0.3 is 9.84 Å². The Kier molecular flexibility index (Phi) is 11.2. The number of ether oxygens (including phenoxy) is 1. The van der Waals surface area contributed by atoms with Gasteiger partial charge in [0.25, 0.3) is 0 Å². The molecule has 1 aliphatic rings. The first-order valence-corrected chi connectivity index (χ1v) is 9.31. The third-order valence-corrected chi connectivity index (χ3v) is 4.95. The largest absolute Gasteiger partial charge is 0.480 e. The summed E-state index contributed by atoms with van der Waals surface area (Å²) in [5, 5.41) is 8.60. The Hall–Kier alpha value is -1.77. The van der Waals surface area contributed by atoms with Crippen molar-refractivity contribution in [2.24, 2.45) is 0 Å². The zero-order valence-corrected chi connectivity index (χ0v) is 18.0. The Labute approximate surface area is 187 Å². The van der Waals surface area contributed by atoms with Crippen LogP contribution in [0, 0.1) is 11.6 Å². The van der Waals surface area contributed by atoms with E-state index in [1.807, 2.05) is 0 Å². The molecule has 1 saturated heterocycles. The molecule has 0 aromatic heterocycles. The molecule has 1 aliphatic heterocycles. The molecule has 3 rings (SSSR count). The summed E-state index contributed by atoms with van der Waals surface area (Å²) in [5.74, 6) is -1.68. The van der Waals surface area contributed by atoms with Gasteiger partial charge in [-0.2, -0.15) is 0 Å². The molecule has 2 aromatic rings. The Morgan fingerprint density at radius 2 is 1.43 bits per heavy atom. The molecule has 0 saturated carbocycles. The smallest absolute Gasteiger partial charge is 0.329 e. The number of hydrogen-bond acceptors (Lipinski definition) is 4. The van der Waals surface area contributed by atoms with Crippen molar-refractivity contribution in [1.29, 1.82) is 0 Å². The van der Waals surface area contributed by atoms with Gasteiger partial charge in [-0.1, -0.05) is 36.4 Å². The van der Waals surface area contributed by atoms with Crippen LogP contribution in [-0.4, -0.2) is 66.8 Å². The number of benzene rings is 2. The van der Waals surface area contributed by atoms with Gasteiger partial charge in [-0.05, 0) is 12.1 Å². The number of aliphatic carboxylic acids is 1. The van der Waals surface area contributed by atoms with E-state index in [0.29, 0.717) is 37.4 Å². The molecule has 1 N–H and O–H groups in total. The number of rotatable bonds is 8. The van der Waals surface area contributed by atoms with Gasteiger partial charge in [0, 0.05) is 43.9 Å². The highest BCUT2D eigenvalue weighted by molar-refractivity contribution is 5.85. The second-order valence-electron chi connectivity index (χ2n) is 6.77. The zero-order valence-electron chi connectivity index (χ0n) is 16.4. The first-order valence-electron chi connectivity index (χ1n) is 9.31. The van der Waals surface area contributed by atoms with Crippen LogP contribution in [-0.2, 0) is 9.53 Å². The number of hydrogen-bond donors (Lipinski definition) is 1. The van der Waals surface area contributed by atoms with Gasteiger partial charge in [0.2, 0.25) is 0 Å². The lowest BCUT2D eigenvalue weighted by Gasteiger charge is -2.39. The summed E-state index contributed by atoms with van der Waals surface area (Å²) in [4.78, 5) is 14.7. The first-order chi connectivity index (χ1) is 13.6. The lowest BCUT2D eigenvalue weighted by Crippen LogP contribution is -2.48. The van der Waals surface area contributed by atoms with Crippen LogP contribution in [0.2, 0.25) is 0 Å². The Bertz CT molecular complexity index is 760. The maximum absolute atomic E-state index is 14.5. The average Bonchev–Trinajstić information content (AvgIpc) is 2.69. The maximum Gasteiger partial charge on any atom is 0.329 e. The summed E-state index contributed by atoms with van der Waals surface area (Å²) in [5.41, 5.74) is 0.927. The number of carboxylic acids is 1.